The molecule has 0 saturated heterocycles. The molecule has 1 aromatic carbocycles. The highest BCUT2D eigenvalue weighted by Gasteiger charge is 2.12. The summed E-state index contributed by atoms with van der Waals surface area (Å²) in [5.41, 5.74) is 0. The van der Waals surface area contributed by atoms with Crippen molar-refractivity contribution >= 4 is 16.1 Å². The lowest BCUT2D eigenvalue weighted by atomic mass is 10.4. The topological polar surface area (TPSA) is 78.5 Å². The third-order valence-electron chi connectivity index (χ3n) is 2.15. The number of carbonyl (C=O) groups is 1. The van der Waals surface area contributed by atoms with E-state index in [1.54, 1.807) is 32.3 Å². The average molecular weight is 271 g/mol. The molecule has 0 unspecified atom stereocenters. The van der Waals surface area contributed by atoms with E-state index in [0.717, 1.165) is 0 Å². The van der Waals surface area contributed by atoms with Gasteiger partial charge in [-0.25, -0.2) is 17.9 Å². The zero-order chi connectivity index (χ0) is 13.6. The summed E-state index contributed by atoms with van der Waals surface area (Å²) in [6.45, 7) is 0.389. The molecule has 0 aliphatic carbocycles. The van der Waals surface area contributed by atoms with E-state index < -0.39 is 10.0 Å². The van der Waals surface area contributed by atoms with E-state index in [-0.39, 0.29) is 24.0 Å². The molecule has 0 aliphatic rings. The Morgan fingerprint density at radius 1 is 1.17 bits per heavy atom. The van der Waals surface area contributed by atoms with Crippen LogP contribution in [0.4, 0.5) is 4.79 Å². The van der Waals surface area contributed by atoms with Gasteiger partial charge >= 0.3 is 6.03 Å². The van der Waals surface area contributed by atoms with Gasteiger partial charge in [-0.3, -0.25) is 0 Å². The Bertz CT molecular complexity index is 486. The standard InChI is InChI=1S/C11H17N3O3S/c1-14(2)11(15)12-8-9-13-18(16,17)10-6-4-3-5-7-10/h3-7,13H,8-9H2,1-2H3,(H,12,15). The minimum atomic E-state index is -3.49. The SMILES string of the molecule is CN(C)C(=O)NCCNS(=O)(=O)c1ccccc1. The summed E-state index contributed by atoms with van der Waals surface area (Å²) in [5.74, 6) is 0. The van der Waals surface area contributed by atoms with Crippen LogP contribution in [0.2, 0.25) is 0 Å². The van der Waals surface area contributed by atoms with Crippen LogP contribution in [-0.4, -0.2) is 46.5 Å². The fourth-order valence-corrected chi connectivity index (χ4v) is 2.25. The van der Waals surface area contributed by atoms with Crippen LogP contribution in [0.1, 0.15) is 0 Å². The van der Waals surface area contributed by atoms with Crippen LogP contribution in [0.25, 0.3) is 0 Å². The van der Waals surface area contributed by atoms with Gasteiger partial charge < -0.3 is 10.2 Å². The molecule has 6 nitrogen and oxygen atoms in total. The second-order valence-electron chi connectivity index (χ2n) is 3.84. The molecular weight excluding hydrogens is 254 g/mol. The Hall–Kier alpha value is -1.60. The van der Waals surface area contributed by atoms with Crippen LogP contribution in [-0.2, 0) is 10.0 Å². The maximum absolute atomic E-state index is 11.8. The van der Waals surface area contributed by atoms with Crippen molar-refractivity contribution in [2.75, 3.05) is 27.2 Å². The van der Waals surface area contributed by atoms with Gasteiger partial charge in [0, 0.05) is 27.2 Å². The van der Waals surface area contributed by atoms with Crippen LogP contribution >= 0.6 is 0 Å². The number of hydrogen-bond donors (Lipinski definition) is 2. The lowest BCUT2D eigenvalue weighted by Gasteiger charge is -2.12. The largest absolute Gasteiger partial charge is 0.337 e. The first-order valence-corrected chi connectivity index (χ1v) is 6.91. The van der Waals surface area contributed by atoms with Gasteiger partial charge in [0.25, 0.3) is 0 Å². The van der Waals surface area contributed by atoms with Crippen molar-refractivity contribution in [1.29, 1.82) is 0 Å². The summed E-state index contributed by atoms with van der Waals surface area (Å²) in [6.07, 6.45) is 0. The summed E-state index contributed by atoms with van der Waals surface area (Å²) in [4.78, 5) is 12.8. The van der Waals surface area contributed by atoms with Gasteiger partial charge in [0.15, 0.2) is 0 Å². The fraction of sp³-hybridized carbons (Fsp3) is 0.364. The van der Waals surface area contributed by atoms with E-state index in [2.05, 4.69) is 10.0 Å². The summed E-state index contributed by atoms with van der Waals surface area (Å²) in [7, 11) is -0.264. The molecule has 1 rings (SSSR count). The van der Waals surface area contributed by atoms with Gasteiger partial charge in [0.1, 0.15) is 0 Å². The average Bonchev–Trinajstić information content (AvgIpc) is 2.35. The Labute approximate surface area is 107 Å². The maximum atomic E-state index is 11.8. The molecule has 0 aliphatic heterocycles. The molecule has 0 saturated carbocycles. The van der Waals surface area contributed by atoms with Crippen LogP contribution in [0.5, 0.6) is 0 Å². The fourth-order valence-electron chi connectivity index (χ4n) is 1.20. The summed E-state index contributed by atoms with van der Waals surface area (Å²) in [5, 5.41) is 2.57. The Morgan fingerprint density at radius 2 is 1.78 bits per heavy atom. The molecule has 100 valence electrons. The highest BCUT2D eigenvalue weighted by atomic mass is 32.2. The first-order chi connectivity index (χ1) is 8.43. The Morgan fingerprint density at radius 3 is 2.33 bits per heavy atom. The number of urea groups is 1. The van der Waals surface area contributed by atoms with E-state index >= 15 is 0 Å². The van der Waals surface area contributed by atoms with Crippen molar-refractivity contribution in [3.8, 4) is 0 Å². The predicted octanol–water partition coefficient (Wildman–Crippen LogP) is 0.236. The van der Waals surface area contributed by atoms with Crippen LogP contribution in [0.3, 0.4) is 0 Å². The molecule has 2 amide bonds. The summed E-state index contributed by atoms with van der Waals surface area (Å²) >= 11 is 0. The number of nitrogens with one attached hydrogen (secondary N) is 2. The van der Waals surface area contributed by atoms with Crippen molar-refractivity contribution in [1.82, 2.24) is 14.9 Å². The monoisotopic (exact) mass is 271 g/mol. The molecule has 0 spiro atoms. The number of hydrogen-bond acceptors (Lipinski definition) is 3. The van der Waals surface area contributed by atoms with Gasteiger partial charge in [-0.15, -0.1) is 0 Å². The minimum absolute atomic E-state index is 0.150. The van der Waals surface area contributed by atoms with E-state index in [1.165, 1.54) is 17.0 Å². The Kier molecular flexibility index (Phi) is 5.11. The Balaban J connectivity index is 2.42. The maximum Gasteiger partial charge on any atom is 0.316 e. The lowest BCUT2D eigenvalue weighted by Crippen LogP contribution is -2.39. The quantitative estimate of drug-likeness (QED) is 0.753. The van der Waals surface area contributed by atoms with Gasteiger partial charge in [0.2, 0.25) is 10.0 Å². The number of carbonyl (C=O) groups excluding carboxylic acids is 1. The molecular formula is C11H17N3O3S. The molecule has 0 atom stereocenters. The molecule has 18 heavy (non-hydrogen) atoms. The van der Waals surface area contributed by atoms with E-state index in [0.29, 0.717) is 0 Å². The van der Waals surface area contributed by atoms with Gasteiger partial charge in [-0.05, 0) is 12.1 Å². The second-order valence-corrected chi connectivity index (χ2v) is 5.60. The van der Waals surface area contributed by atoms with E-state index in [4.69, 9.17) is 0 Å². The third-order valence-corrected chi connectivity index (χ3v) is 3.63. The zero-order valence-electron chi connectivity index (χ0n) is 10.4. The predicted molar refractivity (Wildman–Crippen MR) is 68.7 cm³/mol. The highest BCUT2D eigenvalue weighted by molar-refractivity contribution is 7.89. The van der Waals surface area contributed by atoms with E-state index in [9.17, 15) is 13.2 Å². The first-order valence-electron chi connectivity index (χ1n) is 5.43. The van der Waals surface area contributed by atoms with Gasteiger partial charge in [-0.1, -0.05) is 18.2 Å². The third kappa shape index (κ3) is 4.34. The summed E-state index contributed by atoms with van der Waals surface area (Å²) < 4.78 is 26.0. The summed E-state index contributed by atoms with van der Waals surface area (Å²) in [6, 6.07) is 7.83. The molecule has 0 aromatic heterocycles. The minimum Gasteiger partial charge on any atom is -0.337 e. The lowest BCUT2D eigenvalue weighted by molar-refractivity contribution is 0.217. The van der Waals surface area contributed by atoms with Crippen molar-refractivity contribution in [3.05, 3.63) is 30.3 Å². The van der Waals surface area contributed by atoms with Crippen LogP contribution in [0.15, 0.2) is 35.2 Å². The molecule has 2 N–H and O–H groups in total. The van der Waals surface area contributed by atoms with Crippen LogP contribution in [0, 0.1) is 0 Å². The number of benzene rings is 1. The molecule has 7 heteroatoms. The molecule has 0 heterocycles. The normalized spacial score (nSPS) is 11.0. The second kappa shape index (κ2) is 6.36. The number of amides is 2. The molecule has 0 bridgehead atoms. The number of nitrogens with zero attached hydrogens (tertiary/aromatic N) is 1. The molecule has 0 fully saturated rings. The molecule has 1 aromatic rings. The highest BCUT2D eigenvalue weighted by Crippen LogP contribution is 2.06. The zero-order valence-corrected chi connectivity index (χ0v) is 11.2. The van der Waals surface area contributed by atoms with Crippen molar-refractivity contribution < 1.29 is 13.2 Å². The first kappa shape index (κ1) is 14.5. The van der Waals surface area contributed by atoms with Crippen LogP contribution < -0.4 is 10.0 Å². The van der Waals surface area contributed by atoms with Gasteiger partial charge in [0.05, 0.1) is 4.90 Å². The van der Waals surface area contributed by atoms with Crippen molar-refractivity contribution in [2.45, 2.75) is 4.90 Å². The number of rotatable bonds is 5. The molecule has 0 radical (unpaired) electrons. The van der Waals surface area contributed by atoms with Crippen molar-refractivity contribution in [3.63, 3.8) is 0 Å². The van der Waals surface area contributed by atoms with Crippen molar-refractivity contribution in [2.24, 2.45) is 0 Å². The van der Waals surface area contributed by atoms with Gasteiger partial charge in [-0.2, -0.15) is 0 Å². The van der Waals surface area contributed by atoms with E-state index in [1.807, 2.05) is 0 Å². The smallest absolute Gasteiger partial charge is 0.316 e. The number of sulfonamides is 1.